The Balaban J connectivity index is 0.777. The molecule has 0 spiro atoms. The van der Waals surface area contributed by atoms with Gasteiger partial charge in [0, 0.05) is 64.3 Å². The van der Waals surface area contributed by atoms with Gasteiger partial charge in [-0.1, -0.05) is 40.2 Å². The fourth-order valence-electron chi connectivity index (χ4n) is 8.56. The number of rotatable bonds is 8. The van der Waals surface area contributed by atoms with Crippen molar-refractivity contribution in [2.45, 2.75) is 50.6 Å². The van der Waals surface area contributed by atoms with E-state index in [1.165, 1.54) is 5.56 Å². The van der Waals surface area contributed by atoms with E-state index < -0.39 is 6.04 Å². The molecular weight excluding hydrogens is 750 g/mol. The summed E-state index contributed by atoms with van der Waals surface area (Å²) in [6.45, 7) is 5.73. The number of anilines is 1. The smallest absolute Gasteiger partial charge is 0.255 e. The standard InChI is InChI=1S/C43H40BrN3O5S/c44-31-5-1-29(2-6-31)42-41(37-13-8-34(49)21-40(37)53-42)52-35-10-3-27(4-11-35)28-15-17-45(18-16-28)22-26-23-46(24-26)32-7-12-36-30(19-32)25-47(43(36)51)38-14-9-33(48)20-39(38)50/h1-8,10-13,19,21,26,28,38,49H,9,14-18,20,22-25H2. The van der Waals surface area contributed by atoms with Gasteiger partial charge in [0.15, 0.2) is 11.5 Å². The van der Waals surface area contributed by atoms with Crippen LogP contribution >= 0.6 is 27.3 Å². The molecule has 3 fully saturated rings. The second-order valence-electron chi connectivity index (χ2n) is 15.0. The molecule has 270 valence electrons. The second-order valence-corrected chi connectivity index (χ2v) is 16.9. The molecule has 5 aromatic rings. The molecule has 0 bridgehead atoms. The summed E-state index contributed by atoms with van der Waals surface area (Å²) in [5.41, 5.74) is 5.24. The van der Waals surface area contributed by atoms with Crippen LogP contribution in [-0.4, -0.2) is 71.1 Å². The largest absolute Gasteiger partial charge is 0.508 e. The summed E-state index contributed by atoms with van der Waals surface area (Å²) in [6.07, 6.45) is 3.03. The SMILES string of the molecule is O=C1CCC(N2Cc3cc(N4CC(CN5CCC(c6ccc(Oc7c(-c8ccc(Br)cc8)sc8cc(O)ccc78)cc6)CC5)C4)ccc3C2=O)C(=O)C1. The van der Waals surface area contributed by atoms with E-state index in [2.05, 4.69) is 68.2 Å². The van der Waals surface area contributed by atoms with Gasteiger partial charge in [0.25, 0.3) is 5.91 Å². The number of nitrogens with zero attached hydrogens (tertiary/aromatic N) is 3. The van der Waals surface area contributed by atoms with Gasteiger partial charge in [-0.15, -0.1) is 11.3 Å². The van der Waals surface area contributed by atoms with Crippen molar-refractivity contribution in [1.29, 1.82) is 0 Å². The van der Waals surface area contributed by atoms with E-state index in [1.54, 1.807) is 28.4 Å². The van der Waals surface area contributed by atoms with Gasteiger partial charge in [-0.25, -0.2) is 0 Å². The summed E-state index contributed by atoms with van der Waals surface area (Å²) < 4.78 is 8.59. The normalized spacial score (nSPS) is 19.9. The minimum atomic E-state index is -0.478. The molecule has 4 heterocycles. The molecule has 0 radical (unpaired) electrons. The third-order valence-corrected chi connectivity index (χ3v) is 13.2. The van der Waals surface area contributed by atoms with Crippen LogP contribution in [0.2, 0.25) is 0 Å². The van der Waals surface area contributed by atoms with Crippen molar-refractivity contribution in [3.63, 3.8) is 0 Å². The Hall–Kier alpha value is -4.51. The van der Waals surface area contributed by atoms with Gasteiger partial charge in [-0.05, 0) is 116 Å². The first-order valence-electron chi connectivity index (χ1n) is 18.5. The van der Waals surface area contributed by atoms with Gasteiger partial charge in [0.05, 0.1) is 17.3 Å². The predicted molar refractivity (Wildman–Crippen MR) is 211 cm³/mol. The van der Waals surface area contributed by atoms with Crippen molar-refractivity contribution in [3.05, 3.63) is 106 Å². The Kier molecular flexibility index (Phi) is 9.08. The van der Waals surface area contributed by atoms with Crippen molar-refractivity contribution in [3.8, 4) is 27.7 Å². The first-order chi connectivity index (χ1) is 25.8. The van der Waals surface area contributed by atoms with Crippen LogP contribution in [0.1, 0.15) is 59.5 Å². The topological polar surface area (TPSA) is 90.4 Å². The number of ether oxygens (including phenoxy) is 1. The maximum atomic E-state index is 13.1. The van der Waals surface area contributed by atoms with Crippen molar-refractivity contribution in [1.82, 2.24) is 9.80 Å². The molecule has 1 unspecified atom stereocenters. The summed E-state index contributed by atoms with van der Waals surface area (Å²) >= 11 is 5.16. The number of likely N-dealkylation sites (tertiary alicyclic amines) is 1. The van der Waals surface area contributed by atoms with Crippen LogP contribution in [0.15, 0.2) is 89.4 Å². The van der Waals surface area contributed by atoms with Crippen LogP contribution in [0.5, 0.6) is 17.2 Å². The molecule has 4 aliphatic rings. The zero-order chi connectivity index (χ0) is 36.2. The van der Waals surface area contributed by atoms with Gasteiger partial charge < -0.3 is 24.5 Å². The van der Waals surface area contributed by atoms with Gasteiger partial charge >= 0.3 is 0 Å². The molecule has 8 nitrogen and oxygen atoms in total. The molecule has 1 N–H and O–H groups in total. The van der Waals surface area contributed by atoms with Crippen LogP contribution in [0.25, 0.3) is 20.5 Å². The summed E-state index contributed by atoms with van der Waals surface area (Å²) in [6, 6.07) is 27.9. The third kappa shape index (κ3) is 6.77. The number of fused-ring (bicyclic) bond motifs is 2. The molecule has 10 heteroatoms. The molecule has 1 atom stereocenters. The number of ketones is 2. The van der Waals surface area contributed by atoms with Crippen LogP contribution in [-0.2, 0) is 16.1 Å². The Morgan fingerprint density at radius 3 is 2.40 bits per heavy atom. The highest BCUT2D eigenvalue weighted by atomic mass is 79.9. The number of Topliss-reactive ketones (excluding diaryl/α,β-unsaturated/α-hetero) is 2. The number of piperidine rings is 1. The maximum absolute atomic E-state index is 13.1. The fourth-order valence-corrected chi connectivity index (χ4v) is 9.99. The quantitative estimate of drug-likeness (QED) is 0.157. The average molecular weight is 791 g/mol. The van der Waals surface area contributed by atoms with E-state index in [9.17, 15) is 19.5 Å². The van der Waals surface area contributed by atoms with Crippen molar-refractivity contribution in [2.24, 2.45) is 5.92 Å². The third-order valence-electron chi connectivity index (χ3n) is 11.5. The molecule has 2 saturated heterocycles. The Labute approximate surface area is 321 Å². The van der Waals surface area contributed by atoms with Gasteiger partial charge in [-0.3, -0.25) is 14.4 Å². The van der Waals surface area contributed by atoms with Crippen molar-refractivity contribution in [2.75, 3.05) is 37.6 Å². The van der Waals surface area contributed by atoms with Crippen molar-refractivity contribution >= 4 is 60.5 Å². The second kappa shape index (κ2) is 14.0. The number of thiophene rings is 1. The number of hydrogen-bond donors (Lipinski definition) is 1. The lowest BCUT2D eigenvalue weighted by molar-refractivity contribution is -0.133. The highest BCUT2D eigenvalue weighted by molar-refractivity contribution is 9.10. The zero-order valence-corrected chi connectivity index (χ0v) is 31.7. The number of carbonyl (C=O) groups excluding carboxylic acids is 3. The first-order valence-corrected chi connectivity index (χ1v) is 20.1. The van der Waals surface area contributed by atoms with Gasteiger partial charge in [-0.2, -0.15) is 0 Å². The van der Waals surface area contributed by atoms with E-state index in [1.807, 2.05) is 30.3 Å². The highest BCUT2D eigenvalue weighted by Gasteiger charge is 2.39. The molecule has 1 aromatic heterocycles. The van der Waals surface area contributed by atoms with E-state index in [4.69, 9.17) is 4.74 Å². The minimum absolute atomic E-state index is 0.0222. The van der Waals surface area contributed by atoms with Gasteiger partial charge in [0.2, 0.25) is 0 Å². The number of carbonyl (C=O) groups is 3. The average Bonchev–Trinajstić information content (AvgIpc) is 3.66. The van der Waals surface area contributed by atoms with E-state index in [0.29, 0.717) is 36.8 Å². The molecule has 1 saturated carbocycles. The highest BCUT2D eigenvalue weighted by Crippen LogP contribution is 2.47. The molecular formula is C43H40BrN3O5S. The number of benzene rings is 4. The lowest BCUT2D eigenvalue weighted by atomic mass is 9.88. The van der Waals surface area contributed by atoms with E-state index in [-0.39, 0.29) is 29.6 Å². The fraction of sp³-hybridized carbons (Fsp3) is 0.326. The maximum Gasteiger partial charge on any atom is 0.255 e. The number of phenols is 1. The number of amides is 1. The van der Waals surface area contributed by atoms with Crippen LogP contribution < -0.4 is 9.64 Å². The summed E-state index contributed by atoms with van der Waals surface area (Å²) in [5.74, 6) is 2.77. The number of aromatic hydroxyl groups is 1. The molecule has 1 amide bonds. The van der Waals surface area contributed by atoms with Crippen LogP contribution in [0.3, 0.4) is 0 Å². The number of hydrogen-bond acceptors (Lipinski definition) is 8. The van der Waals surface area contributed by atoms with Crippen LogP contribution in [0.4, 0.5) is 5.69 Å². The molecule has 53 heavy (non-hydrogen) atoms. The van der Waals surface area contributed by atoms with Crippen molar-refractivity contribution < 1.29 is 24.2 Å². The lowest BCUT2D eigenvalue weighted by Gasteiger charge is -2.44. The predicted octanol–water partition coefficient (Wildman–Crippen LogP) is 8.79. The number of halogens is 1. The number of phenolic OH excluding ortho intramolecular Hbond substituents is 1. The zero-order valence-electron chi connectivity index (χ0n) is 29.3. The lowest BCUT2D eigenvalue weighted by Crippen LogP contribution is -2.52. The Bertz CT molecular complexity index is 2220. The molecule has 1 aliphatic carbocycles. The molecule has 9 rings (SSSR count). The van der Waals surface area contributed by atoms with Crippen LogP contribution in [0, 0.1) is 5.92 Å². The van der Waals surface area contributed by atoms with E-state index in [0.717, 1.165) is 93.3 Å². The summed E-state index contributed by atoms with van der Waals surface area (Å²) in [7, 11) is 0. The summed E-state index contributed by atoms with van der Waals surface area (Å²) in [4.78, 5) is 45.1. The monoisotopic (exact) mass is 789 g/mol. The van der Waals surface area contributed by atoms with Gasteiger partial charge in [0.1, 0.15) is 17.3 Å². The van der Waals surface area contributed by atoms with E-state index >= 15 is 0 Å². The Morgan fingerprint density at radius 2 is 1.64 bits per heavy atom. The first kappa shape index (κ1) is 34.3. The minimum Gasteiger partial charge on any atom is -0.508 e. The molecule has 4 aromatic carbocycles. The Morgan fingerprint density at radius 1 is 0.868 bits per heavy atom. The summed E-state index contributed by atoms with van der Waals surface area (Å²) in [5, 5.41) is 11.1. The molecule has 3 aliphatic heterocycles.